The van der Waals surface area contributed by atoms with Gasteiger partial charge in [0.15, 0.2) is 0 Å². The van der Waals surface area contributed by atoms with E-state index in [2.05, 4.69) is 24.3 Å². The lowest BCUT2D eigenvalue weighted by Gasteiger charge is -2.20. The number of hydrogen-bond acceptors (Lipinski definition) is 3. The molecule has 0 amide bonds. The van der Waals surface area contributed by atoms with Crippen molar-refractivity contribution in [2.24, 2.45) is 0 Å². The predicted octanol–water partition coefficient (Wildman–Crippen LogP) is 2.00. The van der Waals surface area contributed by atoms with Crippen LogP contribution in [0.1, 0.15) is 39.0 Å². The maximum absolute atomic E-state index is 4.80. The van der Waals surface area contributed by atoms with E-state index in [0.717, 1.165) is 19.0 Å². The van der Waals surface area contributed by atoms with Gasteiger partial charge in [0.05, 0.1) is 7.11 Å². The fourth-order valence-electron chi connectivity index (χ4n) is 2.23. The van der Waals surface area contributed by atoms with Gasteiger partial charge < -0.3 is 10.2 Å². The van der Waals surface area contributed by atoms with Gasteiger partial charge in [0, 0.05) is 18.6 Å². The molecule has 0 bridgehead atoms. The van der Waals surface area contributed by atoms with Gasteiger partial charge in [-0.15, -0.1) is 0 Å². The van der Waals surface area contributed by atoms with Crippen LogP contribution in [-0.4, -0.2) is 25.7 Å². The van der Waals surface area contributed by atoms with Crippen LogP contribution in [0.3, 0.4) is 0 Å². The van der Waals surface area contributed by atoms with Crippen molar-refractivity contribution in [3.63, 3.8) is 0 Å². The normalized spacial score (nSPS) is 19.3. The molecule has 1 rings (SSSR count). The first-order valence-electron chi connectivity index (χ1n) is 5.91. The van der Waals surface area contributed by atoms with Gasteiger partial charge in [0.2, 0.25) is 0 Å². The summed E-state index contributed by atoms with van der Waals surface area (Å²) in [4.78, 5) is 4.80. The SMILES string of the molecule is C=C(CNOC)CC(C)NC1CCCC1. The Morgan fingerprint density at radius 2 is 2.13 bits per heavy atom. The summed E-state index contributed by atoms with van der Waals surface area (Å²) >= 11 is 0. The highest BCUT2D eigenvalue weighted by molar-refractivity contribution is 4.99. The molecule has 0 heterocycles. The van der Waals surface area contributed by atoms with Crippen LogP contribution in [0.2, 0.25) is 0 Å². The van der Waals surface area contributed by atoms with Crippen molar-refractivity contribution in [3.8, 4) is 0 Å². The van der Waals surface area contributed by atoms with Crippen LogP contribution in [0, 0.1) is 0 Å². The monoisotopic (exact) mass is 212 g/mol. The average molecular weight is 212 g/mol. The Morgan fingerprint density at radius 1 is 1.47 bits per heavy atom. The second kappa shape index (κ2) is 6.99. The third-order valence-electron chi connectivity index (χ3n) is 2.94. The molecule has 88 valence electrons. The van der Waals surface area contributed by atoms with E-state index in [1.807, 2.05) is 0 Å². The van der Waals surface area contributed by atoms with E-state index in [-0.39, 0.29) is 0 Å². The molecule has 1 unspecified atom stereocenters. The zero-order valence-corrected chi connectivity index (χ0v) is 10.0. The summed E-state index contributed by atoms with van der Waals surface area (Å²) in [6, 6.07) is 1.27. The molecule has 2 N–H and O–H groups in total. The summed E-state index contributed by atoms with van der Waals surface area (Å²) in [6.45, 7) is 7.00. The molecule has 0 aliphatic heterocycles. The van der Waals surface area contributed by atoms with Gasteiger partial charge >= 0.3 is 0 Å². The van der Waals surface area contributed by atoms with Crippen LogP contribution in [0.5, 0.6) is 0 Å². The van der Waals surface area contributed by atoms with Gasteiger partial charge in [-0.25, -0.2) is 0 Å². The van der Waals surface area contributed by atoms with E-state index >= 15 is 0 Å². The molecule has 15 heavy (non-hydrogen) atoms. The van der Waals surface area contributed by atoms with Gasteiger partial charge in [-0.05, 0) is 26.2 Å². The Balaban J connectivity index is 2.11. The van der Waals surface area contributed by atoms with Crippen LogP contribution in [0.15, 0.2) is 12.2 Å². The minimum absolute atomic E-state index is 0.527. The van der Waals surface area contributed by atoms with E-state index in [1.165, 1.54) is 31.3 Å². The molecule has 0 aromatic carbocycles. The van der Waals surface area contributed by atoms with Crippen molar-refractivity contribution >= 4 is 0 Å². The standard InChI is InChI=1S/C12H24N2O/c1-10(9-13-15-3)8-11(2)14-12-6-4-5-7-12/h11-14H,1,4-9H2,2-3H3. The van der Waals surface area contributed by atoms with Gasteiger partial charge in [0.1, 0.15) is 0 Å². The van der Waals surface area contributed by atoms with E-state index < -0.39 is 0 Å². The molecule has 1 saturated carbocycles. The Kier molecular flexibility index (Phi) is 5.91. The van der Waals surface area contributed by atoms with Gasteiger partial charge in [-0.1, -0.05) is 25.0 Å². The van der Waals surface area contributed by atoms with Gasteiger partial charge in [-0.2, -0.15) is 5.48 Å². The molecule has 1 aliphatic carbocycles. The van der Waals surface area contributed by atoms with E-state index in [0.29, 0.717) is 6.04 Å². The summed E-state index contributed by atoms with van der Waals surface area (Å²) in [5.74, 6) is 0. The van der Waals surface area contributed by atoms with Gasteiger partial charge in [-0.3, -0.25) is 0 Å². The van der Waals surface area contributed by atoms with E-state index in [9.17, 15) is 0 Å². The molecule has 1 fully saturated rings. The lowest BCUT2D eigenvalue weighted by molar-refractivity contribution is 0.0983. The van der Waals surface area contributed by atoms with Crippen LogP contribution >= 0.6 is 0 Å². The van der Waals surface area contributed by atoms with Crippen LogP contribution in [-0.2, 0) is 4.84 Å². The lowest BCUT2D eigenvalue weighted by atomic mass is 10.1. The Bertz CT molecular complexity index is 188. The molecule has 3 nitrogen and oxygen atoms in total. The predicted molar refractivity (Wildman–Crippen MR) is 63.6 cm³/mol. The van der Waals surface area contributed by atoms with E-state index in [4.69, 9.17) is 4.84 Å². The molecule has 1 atom stereocenters. The lowest BCUT2D eigenvalue weighted by Crippen LogP contribution is -2.35. The van der Waals surface area contributed by atoms with Crippen molar-refractivity contribution in [1.82, 2.24) is 10.8 Å². The molecule has 0 spiro atoms. The molecular formula is C12H24N2O. The van der Waals surface area contributed by atoms with Crippen molar-refractivity contribution in [2.75, 3.05) is 13.7 Å². The topological polar surface area (TPSA) is 33.3 Å². The third-order valence-corrected chi connectivity index (χ3v) is 2.94. The van der Waals surface area contributed by atoms with Crippen LogP contribution in [0.4, 0.5) is 0 Å². The summed E-state index contributed by atoms with van der Waals surface area (Å²) in [5, 5.41) is 3.66. The zero-order valence-electron chi connectivity index (χ0n) is 10.0. The summed E-state index contributed by atoms with van der Waals surface area (Å²) in [7, 11) is 1.63. The molecule has 0 aromatic heterocycles. The van der Waals surface area contributed by atoms with Crippen molar-refractivity contribution in [2.45, 2.75) is 51.1 Å². The Hall–Kier alpha value is -0.380. The fourth-order valence-corrected chi connectivity index (χ4v) is 2.23. The molecule has 1 aliphatic rings. The van der Waals surface area contributed by atoms with Crippen LogP contribution in [0.25, 0.3) is 0 Å². The molecule has 3 heteroatoms. The van der Waals surface area contributed by atoms with Crippen molar-refractivity contribution < 1.29 is 4.84 Å². The molecule has 0 aromatic rings. The fraction of sp³-hybridized carbons (Fsp3) is 0.833. The minimum Gasteiger partial charge on any atom is -0.311 e. The summed E-state index contributed by atoms with van der Waals surface area (Å²) in [6.07, 6.45) is 6.47. The number of rotatable bonds is 7. The first-order valence-corrected chi connectivity index (χ1v) is 5.91. The zero-order chi connectivity index (χ0) is 11.1. The number of hydrogen-bond donors (Lipinski definition) is 2. The number of nitrogens with one attached hydrogen (secondary N) is 2. The smallest absolute Gasteiger partial charge is 0.0572 e. The average Bonchev–Trinajstić information content (AvgIpc) is 2.67. The van der Waals surface area contributed by atoms with E-state index in [1.54, 1.807) is 7.11 Å². The molecule has 0 saturated heterocycles. The second-order valence-electron chi connectivity index (χ2n) is 4.53. The third kappa shape index (κ3) is 5.30. The summed E-state index contributed by atoms with van der Waals surface area (Å²) in [5.41, 5.74) is 4.01. The Morgan fingerprint density at radius 3 is 2.73 bits per heavy atom. The van der Waals surface area contributed by atoms with Crippen molar-refractivity contribution in [1.29, 1.82) is 0 Å². The number of hydroxylamine groups is 1. The maximum Gasteiger partial charge on any atom is 0.0572 e. The second-order valence-corrected chi connectivity index (χ2v) is 4.53. The summed E-state index contributed by atoms with van der Waals surface area (Å²) < 4.78 is 0. The highest BCUT2D eigenvalue weighted by Crippen LogP contribution is 2.18. The first kappa shape index (κ1) is 12.7. The highest BCUT2D eigenvalue weighted by atomic mass is 16.6. The maximum atomic E-state index is 4.80. The van der Waals surface area contributed by atoms with Crippen molar-refractivity contribution in [3.05, 3.63) is 12.2 Å². The Labute approximate surface area is 93.2 Å². The quantitative estimate of drug-likeness (QED) is 0.500. The molecular weight excluding hydrogens is 188 g/mol. The largest absolute Gasteiger partial charge is 0.311 e. The van der Waals surface area contributed by atoms with Gasteiger partial charge in [0.25, 0.3) is 0 Å². The first-order chi connectivity index (χ1) is 7.22. The molecule has 0 radical (unpaired) electrons. The highest BCUT2D eigenvalue weighted by Gasteiger charge is 2.16. The minimum atomic E-state index is 0.527. The van der Waals surface area contributed by atoms with Crippen LogP contribution < -0.4 is 10.8 Å².